The van der Waals surface area contributed by atoms with E-state index >= 15 is 0 Å². The summed E-state index contributed by atoms with van der Waals surface area (Å²) < 4.78 is 13.6. The van der Waals surface area contributed by atoms with E-state index in [9.17, 15) is 0 Å². The van der Waals surface area contributed by atoms with E-state index in [1.807, 2.05) is 0 Å². The first-order valence-electron chi connectivity index (χ1n) is 17.4. The molecule has 5 aromatic carbocycles. The zero-order valence-corrected chi connectivity index (χ0v) is 30.3. The summed E-state index contributed by atoms with van der Waals surface area (Å²) in [5.74, 6) is 3.64. The number of nitrogens with zero attached hydrogens (tertiary/aromatic N) is 1. The van der Waals surface area contributed by atoms with Crippen molar-refractivity contribution >= 4 is 28.0 Å². The molecule has 0 N–H and O–H groups in total. The van der Waals surface area contributed by atoms with Crippen LogP contribution in [0.2, 0.25) is 0 Å². The van der Waals surface area contributed by atoms with Crippen LogP contribution in [-0.2, 0) is 21.7 Å². The highest BCUT2D eigenvalue weighted by Gasteiger charge is 2.44. The highest BCUT2D eigenvalue weighted by atomic mass is 32.2. The van der Waals surface area contributed by atoms with Crippen molar-refractivity contribution in [1.29, 1.82) is 0 Å². The van der Waals surface area contributed by atoms with Crippen molar-refractivity contribution in [3.63, 3.8) is 0 Å². The number of fused-ring (bicyclic) bond motifs is 6. The van der Waals surface area contributed by atoms with Gasteiger partial charge in [0.2, 0.25) is 0 Å². The lowest BCUT2D eigenvalue weighted by Crippen LogP contribution is -2.18. The Hall–Kier alpha value is -4.15. The summed E-state index contributed by atoms with van der Waals surface area (Å²) in [5.41, 5.74) is 9.62. The second-order valence-corrected chi connectivity index (χ2v) is 19.0. The molecule has 3 nitrogen and oxygen atoms in total. The van der Waals surface area contributed by atoms with Crippen LogP contribution in [0.25, 0.3) is 0 Å². The summed E-state index contributed by atoms with van der Waals surface area (Å²) >= 11 is 0. The van der Waals surface area contributed by atoms with Gasteiger partial charge in [-0.05, 0) is 105 Å². The molecule has 2 heterocycles. The first kappa shape index (κ1) is 29.9. The van der Waals surface area contributed by atoms with Gasteiger partial charge in [0.05, 0.1) is 10.6 Å². The normalized spacial score (nSPS) is 20.0. The molecule has 244 valence electrons. The van der Waals surface area contributed by atoms with Gasteiger partial charge in [0, 0.05) is 33.3 Å². The summed E-state index contributed by atoms with van der Waals surface area (Å²) in [5, 5.41) is 0. The molecule has 0 unspecified atom stereocenters. The molecular weight excluding hydrogens is 607 g/mol. The lowest BCUT2D eigenvalue weighted by atomic mass is 9.82. The average Bonchev–Trinajstić information content (AvgIpc) is 3.34. The van der Waals surface area contributed by atoms with E-state index in [-0.39, 0.29) is 21.7 Å². The van der Waals surface area contributed by atoms with Gasteiger partial charge < -0.3 is 14.4 Å². The number of benzene rings is 5. The van der Waals surface area contributed by atoms with Gasteiger partial charge in [0.15, 0.2) is 0 Å². The second kappa shape index (κ2) is 9.72. The minimum absolute atomic E-state index is 0.0851. The Kier molecular flexibility index (Phi) is 6.07. The monoisotopic (exact) mass is 651 g/mol. The van der Waals surface area contributed by atoms with E-state index < -0.39 is 10.9 Å². The fourth-order valence-corrected chi connectivity index (χ4v) is 12.4. The molecule has 0 atom stereocenters. The molecule has 0 spiro atoms. The van der Waals surface area contributed by atoms with Crippen LogP contribution < -0.4 is 14.4 Å². The third kappa shape index (κ3) is 4.27. The van der Waals surface area contributed by atoms with Crippen molar-refractivity contribution in [1.82, 2.24) is 0 Å². The smallest absolute Gasteiger partial charge is 0.145 e. The quantitative estimate of drug-likeness (QED) is 0.192. The molecule has 4 aliphatic rings. The Labute approximate surface area is 288 Å². The van der Waals surface area contributed by atoms with Crippen molar-refractivity contribution in [3.05, 3.63) is 119 Å². The molecule has 5 aromatic rings. The maximum atomic E-state index is 6.78. The maximum Gasteiger partial charge on any atom is 0.145 e. The fraction of sp³-hybridized carbons (Fsp3) is 0.318. The van der Waals surface area contributed by atoms with Gasteiger partial charge in [0.1, 0.15) is 23.0 Å². The number of ether oxygens (including phenoxy) is 2. The van der Waals surface area contributed by atoms with E-state index in [0.29, 0.717) is 0 Å². The van der Waals surface area contributed by atoms with Crippen LogP contribution in [0.3, 0.4) is 0 Å². The zero-order valence-electron chi connectivity index (χ0n) is 29.4. The Morgan fingerprint density at radius 2 is 0.875 bits per heavy atom. The molecule has 48 heavy (non-hydrogen) atoms. The highest BCUT2D eigenvalue weighted by molar-refractivity contribution is 8.17. The summed E-state index contributed by atoms with van der Waals surface area (Å²) in [6, 6.07) is 35.9. The Balaban J connectivity index is 1.28. The zero-order chi connectivity index (χ0) is 33.4. The van der Waals surface area contributed by atoms with Crippen molar-refractivity contribution in [3.8, 4) is 23.0 Å². The average molecular weight is 652 g/mol. The topological polar surface area (TPSA) is 21.7 Å². The molecule has 0 aromatic heterocycles. The lowest BCUT2D eigenvalue weighted by molar-refractivity contribution is 0.403. The molecule has 0 fully saturated rings. The SMILES string of the molecule is CC1(C)CC(C)(C)c2cc(N(c3cc4c5c(c3)Oc3ccccc3[SH]5c3ccccc3O4)c3ccc4c(c3)C(C)(C)CC4(C)C)ccc21. The molecule has 4 heteroatoms. The molecule has 0 radical (unpaired) electrons. The Bertz CT molecular complexity index is 2030. The van der Waals surface area contributed by atoms with E-state index in [4.69, 9.17) is 9.47 Å². The number of rotatable bonds is 3. The van der Waals surface area contributed by atoms with Crippen LogP contribution >= 0.6 is 10.9 Å². The van der Waals surface area contributed by atoms with E-state index in [0.717, 1.165) is 52.9 Å². The molecule has 9 rings (SSSR count). The van der Waals surface area contributed by atoms with Crippen LogP contribution in [0.15, 0.2) is 112 Å². The van der Waals surface area contributed by atoms with Crippen molar-refractivity contribution in [2.45, 2.75) is 105 Å². The number of thiol groups is 1. The van der Waals surface area contributed by atoms with Gasteiger partial charge in [-0.1, -0.05) is 91.8 Å². The predicted octanol–water partition coefficient (Wildman–Crippen LogP) is 12.8. The highest BCUT2D eigenvalue weighted by Crippen LogP contribution is 2.69. The van der Waals surface area contributed by atoms with Crippen LogP contribution in [-0.4, -0.2) is 0 Å². The summed E-state index contributed by atoms with van der Waals surface area (Å²) in [7, 11) is -0.815. The van der Waals surface area contributed by atoms with Crippen LogP contribution in [0.5, 0.6) is 23.0 Å². The van der Waals surface area contributed by atoms with E-state index in [1.54, 1.807) is 0 Å². The number of hydrogen-bond acceptors (Lipinski definition) is 3. The second-order valence-electron chi connectivity index (χ2n) is 16.9. The lowest BCUT2D eigenvalue weighted by Gasteiger charge is -2.38. The molecule has 0 saturated heterocycles. The number of anilines is 3. The van der Waals surface area contributed by atoms with Gasteiger partial charge in [-0.3, -0.25) is 0 Å². The molecule has 0 bridgehead atoms. The Morgan fingerprint density at radius 1 is 0.458 bits per heavy atom. The largest absolute Gasteiger partial charge is 0.455 e. The first-order chi connectivity index (χ1) is 22.7. The van der Waals surface area contributed by atoms with Gasteiger partial charge >= 0.3 is 0 Å². The fourth-order valence-electron chi connectivity index (χ4n) is 9.82. The minimum Gasteiger partial charge on any atom is -0.455 e. The number of hydrogen-bond donors (Lipinski definition) is 1. The van der Waals surface area contributed by atoms with Crippen molar-refractivity contribution < 1.29 is 9.47 Å². The maximum absolute atomic E-state index is 6.78. The molecule has 2 aliphatic carbocycles. The van der Waals surface area contributed by atoms with Crippen molar-refractivity contribution in [2.75, 3.05) is 4.90 Å². The van der Waals surface area contributed by atoms with Gasteiger partial charge in [-0.15, -0.1) is 0 Å². The third-order valence-corrected chi connectivity index (χ3v) is 14.0. The van der Waals surface area contributed by atoms with Crippen LogP contribution in [0.1, 0.15) is 90.5 Å². The molecule has 2 aliphatic heterocycles. The van der Waals surface area contributed by atoms with E-state index in [1.165, 1.54) is 36.9 Å². The number of para-hydroxylation sites is 2. The first-order valence-corrected chi connectivity index (χ1v) is 18.7. The third-order valence-electron chi connectivity index (χ3n) is 11.4. The minimum atomic E-state index is -0.815. The van der Waals surface area contributed by atoms with Crippen molar-refractivity contribution in [2.24, 2.45) is 0 Å². The predicted molar refractivity (Wildman–Crippen MR) is 199 cm³/mol. The molecular formula is C44H45NO2S. The summed E-state index contributed by atoms with van der Waals surface area (Å²) in [6.45, 7) is 19.1. The van der Waals surface area contributed by atoms with Gasteiger partial charge in [-0.25, -0.2) is 0 Å². The summed E-state index contributed by atoms with van der Waals surface area (Å²) in [6.07, 6.45) is 2.27. The van der Waals surface area contributed by atoms with Crippen LogP contribution in [0.4, 0.5) is 17.1 Å². The standard InChI is InChI=1S/C44H45NO2S/c1-41(2)25-43(5,6)32-21-27(17-19-30(32)41)45(28-18-20-31-33(22-28)44(7,8)26-42(31,3)4)29-23-36-40-37(24-29)47-35-14-10-12-16-39(35)48(40)38-15-11-9-13-34(38)46-36/h9-24,48H,25-26H2,1-8H3. The molecule has 0 amide bonds. The van der Waals surface area contributed by atoms with Gasteiger partial charge in [-0.2, -0.15) is 10.9 Å². The van der Waals surface area contributed by atoms with Crippen LogP contribution in [0, 0.1) is 0 Å². The Morgan fingerprint density at radius 3 is 1.33 bits per heavy atom. The summed E-state index contributed by atoms with van der Waals surface area (Å²) in [4.78, 5) is 6.10. The molecule has 0 saturated carbocycles. The van der Waals surface area contributed by atoms with E-state index in [2.05, 4.69) is 157 Å². The van der Waals surface area contributed by atoms with Gasteiger partial charge in [0.25, 0.3) is 0 Å².